The van der Waals surface area contributed by atoms with Crippen molar-refractivity contribution in [1.29, 1.82) is 0 Å². The van der Waals surface area contributed by atoms with E-state index in [0.29, 0.717) is 10.9 Å². The molecule has 92 valence electrons. The molecule has 1 aromatic rings. The molecule has 2 N–H and O–H groups in total. The van der Waals surface area contributed by atoms with Gasteiger partial charge in [-0.2, -0.15) is 0 Å². The molecule has 0 bridgehead atoms. The SMILES string of the molecule is N[C@@H](CC1CC1)C(=O)OCc1cccc(Cl)c1. The van der Waals surface area contributed by atoms with Crippen LogP contribution in [0.3, 0.4) is 0 Å². The van der Waals surface area contributed by atoms with Gasteiger partial charge < -0.3 is 10.5 Å². The zero-order valence-electron chi connectivity index (χ0n) is 9.56. The number of nitrogens with two attached hydrogens (primary N) is 1. The molecule has 1 aromatic carbocycles. The highest BCUT2D eigenvalue weighted by molar-refractivity contribution is 6.30. The van der Waals surface area contributed by atoms with Crippen LogP contribution in [0.2, 0.25) is 5.02 Å². The van der Waals surface area contributed by atoms with Crippen molar-refractivity contribution in [3.63, 3.8) is 0 Å². The monoisotopic (exact) mass is 253 g/mol. The number of esters is 1. The van der Waals surface area contributed by atoms with E-state index in [1.54, 1.807) is 12.1 Å². The van der Waals surface area contributed by atoms with Gasteiger partial charge in [-0.15, -0.1) is 0 Å². The number of halogens is 1. The van der Waals surface area contributed by atoms with Crippen LogP contribution in [0.1, 0.15) is 24.8 Å². The van der Waals surface area contributed by atoms with Crippen LogP contribution in [-0.2, 0) is 16.1 Å². The zero-order chi connectivity index (χ0) is 12.3. The second-order valence-electron chi connectivity index (χ2n) is 4.52. The van der Waals surface area contributed by atoms with E-state index in [0.717, 1.165) is 12.0 Å². The molecule has 1 aliphatic rings. The van der Waals surface area contributed by atoms with Crippen LogP contribution in [0, 0.1) is 5.92 Å². The second-order valence-corrected chi connectivity index (χ2v) is 4.96. The second kappa shape index (κ2) is 5.52. The molecule has 1 fully saturated rings. The van der Waals surface area contributed by atoms with Crippen molar-refractivity contribution in [3.05, 3.63) is 34.9 Å². The molecule has 1 atom stereocenters. The number of benzene rings is 1. The first-order valence-corrected chi connectivity index (χ1v) is 6.19. The van der Waals surface area contributed by atoms with Crippen molar-refractivity contribution in [2.45, 2.75) is 31.9 Å². The van der Waals surface area contributed by atoms with Gasteiger partial charge in [0.2, 0.25) is 0 Å². The number of ether oxygens (including phenoxy) is 1. The van der Waals surface area contributed by atoms with E-state index >= 15 is 0 Å². The first-order chi connectivity index (χ1) is 8.15. The maximum absolute atomic E-state index is 11.6. The number of rotatable bonds is 5. The average Bonchev–Trinajstić information content (AvgIpc) is 3.10. The normalized spacial score (nSPS) is 16.6. The van der Waals surface area contributed by atoms with Crippen molar-refractivity contribution in [3.8, 4) is 0 Å². The first kappa shape index (κ1) is 12.4. The van der Waals surface area contributed by atoms with E-state index in [2.05, 4.69) is 0 Å². The summed E-state index contributed by atoms with van der Waals surface area (Å²) in [5.74, 6) is 0.306. The van der Waals surface area contributed by atoms with E-state index in [-0.39, 0.29) is 12.6 Å². The van der Waals surface area contributed by atoms with E-state index < -0.39 is 6.04 Å². The fraction of sp³-hybridized carbons (Fsp3) is 0.462. The summed E-state index contributed by atoms with van der Waals surface area (Å²) < 4.78 is 5.15. The van der Waals surface area contributed by atoms with Crippen molar-refractivity contribution in [2.24, 2.45) is 11.7 Å². The molecule has 4 heteroatoms. The quantitative estimate of drug-likeness (QED) is 0.821. The molecule has 17 heavy (non-hydrogen) atoms. The summed E-state index contributed by atoms with van der Waals surface area (Å²) in [5, 5.41) is 0.640. The van der Waals surface area contributed by atoms with Crippen LogP contribution in [0.5, 0.6) is 0 Å². The third-order valence-corrected chi connectivity index (χ3v) is 3.09. The highest BCUT2D eigenvalue weighted by Gasteiger charge is 2.27. The standard InChI is InChI=1S/C13H16ClNO2/c14-11-3-1-2-10(6-11)8-17-13(16)12(15)7-9-4-5-9/h1-3,6,9,12H,4-5,7-8,15H2/t12-/m0/s1. The Morgan fingerprint density at radius 2 is 2.29 bits per heavy atom. The maximum Gasteiger partial charge on any atom is 0.323 e. The van der Waals surface area contributed by atoms with Crippen LogP contribution >= 0.6 is 11.6 Å². The summed E-state index contributed by atoms with van der Waals surface area (Å²) in [6.45, 7) is 0.234. The van der Waals surface area contributed by atoms with Crippen LogP contribution in [0.15, 0.2) is 24.3 Å². The largest absolute Gasteiger partial charge is 0.460 e. The summed E-state index contributed by atoms with van der Waals surface area (Å²) in [6.07, 6.45) is 3.12. The Labute approximate surface area is 106 Å². The Morgan fingerprint density at radius 1 is 1.53 bits per heavy atom. The lowest BCUT2D eigenvalue weighted by molar-refractivity contribution is -0.146. The number of carbonyl (C=O) groups is 1. The van der Waals surface area contributed by atoms with Crippen molar-refractivity contribution < 1.29 is 9.53 Å². The van der Waals surface area contributed by atoms with Gasteiger partial charge in [0.05, 0.1) is 0 Å². The lowest BCUT2D eigenvalue weighted by Gasteiger charge is -2.11. The van der Waals surface area contributed by atoms with E-state index in [1.165, 1.54) is 12.8 Å². The predicted molar refractivity (Wildman–Crippen MR) is 66.6 cm³/mol. The molecular formula is C13H16ClNO2. The minimum Gasteiger partial charge on any atom is -0.460 e. The summed E-state index contributed by atoms with van der Waals surface area (Å²) in [6, 6.07) is 6.77. The molecule has 0 aliphatic heterocycles. The molecule has 0 amide bonds. The minimum atomic E-state index is -0.485. The molecule has 0 unspecified atom stereocenters. The third kappa shape index (κ3) is 4.02. The Kier molecular flexibility index (Phi) is 4.02. The summed E-state index contributed by atoms with van der Waals surface area (Å²) >= 11 is 5.83. The van der Waals surface area contributed by atoms with Gasteiger partial charge in [-0.25, -0.2) is 0 Å². The number of hydrogen-bond acceptors (Lipinski definition) is 3. The van der Waals surface area contributed by atoms with Gasteiger partial charge in [-0.3, -0.25) is 4.79 Å². The van der Waals surface area contributed by atoms with Gasteiger partial charge in [0.25, 0.3) is 0 Å². The number of hydrogen-bond donors (Lipinski definition) is 1. The Hall–Kier alpha value is -1.06. The van der Waals surface area contributed by atoms with Crippen molar-refractivity contribution in [2.75, 3.05) is 0 Å². The molecule has 1 saturated carbocycles. The van der Waals surface area contributed by atoms with Crippen molar-refractivity contribution in [1.82, 2.24) is 0 Å². The van der Waals surface area contributed by atoms with E-state index in [4.69, 9.17) is 22.1 Å². The van der Waals surface area contributed by atoms with Gasteiger partial charge >= 0.3 is 5.97 Å². The van der Waals surface area contributed by atoms with E-state index in [1.807, 2.05) is 12.1 Å². The fourth-order valence-corrected chi connectivity index (χ4v) is 1.91. The van der Waals surface area contributed by atoms with Gasteiger partial charge in [0.1, 0.15) is 12.6 Å². The van der Waals surface area contributed by atoms with Gasteiger partial charge in [0.15, 0.2) is 0 Å². The molecule has 0 saturated heterocycles. The minimum absolute atomic E-state index is 0.234. The number of carbonyl (C=O) groups excluding carboxylic acids is 1. The summed E-state index contributed by atoms with van der Waals surface area (Å²) in [7, 11) is 0. The summed E-state index contributed by atoms with van der Waals surface area (Å²) in [4.78, 5) is 11.6. The fourth-order valence-electron chi connectivity index (χ4n) is 1.70. The Bertz CT molecular complexity index is 404. The van der Waals surface area contributed by atoms with Gasteiger partial charge in [0, 0.05) is 5.02 Å². The molecule has 0 radical (unpaired) electrons. The van der Waals surface area contributed by atoms with E-state index in [9.17, 15) is 4.79 Å². The van der Waals surface area contributed by atoms with Gasteiger partial charge in [-0.05, 0) is 30.0 Å². The van der Waals surface area contributed by atoms with Crippen LogP contribution < -0.4 is 5.73 Å². The highest BCUT2D eigenvalue weighted by Crippen LogP contribution is 2.33. The molecule has 0 spiro atoms. The first-order valence-electron chi connectivity index (χ1n) is 5.82. The van der Waals surface area contributed by atoms with Crippen molar-refractivity contribution >= 4 is 17.6 Å². The smallest absolute Gasteiger partial charge is 0.323 e. The Balaban J connectivity index is 1.78. The molecular weight excluding hydrogens is 238 g/mol. The van der Waals surface area contributed by atoms with Gasteiger partial charge in [-0.1, -0.05) is 36.6 Å². The zero-order valence-corrected chi connectivity index (χ0v) is 10.3. The van der Waals surface area contributed by atoms with Crippen LogP contribution in [0.4, 0.5) is 0 Å². The molecule has 2 rings (SSSR count). The highest BCUT2D eigenvalue weighted by atomic mass is 35.5. The lowest BCUT2D eigenvalue weighted by Crippen LogP contribution is -2.32. The molecule has 3 nitrogen and oxygen atoms in total. The molecule has 0 aromatic heterocycles. The average molecular weight is 254 g/mol. The maximum atomic E-state index is 11.6. The predicted octanol–water partition coefficient (Wildman–Crippen LogP) is 2.51. The van der Waals surface area contributed by atoms with Crippen LogP contribution in [0.25, 0.3) is 0 Å². The molecule has 1 aliphatic carbocycles. The molecule has 0 heterocycles. The Morgan fingerprint density at radius 3 is 2.94 bits per heavy atom. The topological polar surface area (TPSA) is 52.3 Å². The lowest BCUT2D eigenvalue weighted by atomic mass is 10.1. The van der Waals surface area contributed by atoms with Crippen LogP contribution in [-0.4, -0.2) is 12.0 Å². The summed E-state index contributed by atoms with van der Waals surface area (Å²) in [5.41, 5.74) is 6.63. The third-order valence-electron chi connectivity index (χ3n) is 2.86.